The molecule has 0 radical (unpaired) electrons. The van der Waals surface area contributed by atoms with E-state index in [-0.39, 0.29) is 0 Å². The quantitative estimate of drug-likeness (QED) is 0.933. The summed E-state index contributed by atoms with van der Waals surface area (Å²) in [5.41, 5.74) is 1.96. The fourth-order valence-electron chi connectivity index (χ4n) is 1.44. The lowest BCUT2D eigenvalue weighted by Gasteiger charge is -2.04. The molecule has 0 aliphatic carbocycles. The SMILES string of the molecule is CCCNc1cnc(-c2ccc(Br)cc2)cn1. The zero-order valence-corrected chi connectivity index (χ0v) is 11.2. The number of aromatic nitrogens is 2. The third-order valence-corrected chi connectivity index (χ3v) is 2.88. The molecule has 0 aliphatic rings. The first-order chi connectivity index (χ1) is 8.29. The molecule has 0 spiro atoms. The van der Waals surface area contributed by atoms with Crippen LogP contribution in [0.3, 0.4) is 0 Å². The van der Waals surface area contributed by atoms with Crippen LogP contribution in [0.15, 0.2) is 41.1 Å². The normalized spacial score (nSPS) is 10.2. The molecule has 0 atom stereocenters. The van der Waals surface area contributed by atoms with E-state index in [0.717, 1.165) is 34.5 Å². The topological polar surface area (TPSA) is 37.8 Å². The summed E-state index contributed by atoms with van der Waals surface area (Å²) >= 11 is 3.41. The molecule has 2 rings (SSSR count). The Morgan fingerprint density at radius 2 is 1.88 bits per heavy atom. The number of nitrogens with one attached hydrogen (secondary N) is 1. The molecule has 0 unspecified atom stereocenters. The van der Waals surface area contributed by atoms with Crippen LogP contribution >= 0.6 is 15.9 Å². The fourth-order valence-corrected chi connectivity index (χ4v) is 1.71. The van der Waals surface area contributed by atoms with Gasteiger partial charge in [-0.15, -0.1) is 0 Å². The molecule has 0 saturated carbocycles. The Kier molecular flexibility index (Phi) is 4.09. The first-order valence-corrected chi connectivity index (χ1v) is 6.40. The number of hydrogen-bond donors (Lipinski definition) is 1. The zero-order valence-electron chi connectivity index (χ0n) is 9.65. The van der Waals surface area contributed by atoms with E-state index >= 15 is 0 Å². The highest BCUT2D eigenvalue weighted by Gasteiger charge is 2.00. The second-order valence-corrected chi connectivity index (χ2v) is 4.64. The van der Waals surface area contributed by atoms with Gasteiger partial charge in [-0.3, -0.25) is 4.98 Å². The zero-order chi connectivity index (χ0) is 12.1. The molecule has 1 aromatic carbocycles. The van der Waals surface area contributed by atoms with Gasteiger partial charge in [0.15, 0.2) is 0 Å². The Hall–Kier alpha value is -1.42. The van der Waals surface area contributed by atoms with Crippen LogP contribution < -0.4 is 5.32 Å². The molecule has 0 fully saturated rings. The molecule has 1 N–H and O–H groups in total. The van der Waals surface area contributed by atoms with E-state index < -0.39 is 0 Å². The van der Waals surface area contributed by atoms with Crippen LogP contribution in [0.4, 0.5) is 5.82 Å². The largest absolute Gasteiger partial charge is 0.369 e. The minimum atomic E-state index is 0.827. The van der Waals surface area contributed by atoms with E-state index in [0.29, 0.717) is 0 Å². The maximum atomic E-state index is 4.39. The van der Waals surface area contributed by atoms with Crippen molar-refractivity contribution in [2.45, 2.75) is 13.3 Å². The summed E-state index contributed by atoms with van der Waals surface area (Å²) in [6, 6.07) is 8.04. The molecule has 88 valence electrons. The summed E-state index contributed by atoms with van der Waals surface area (Å²) in [4.78, 5) is 8.72. The number of anilines is 1. The van der Waals surface area contributed by atoms with Crippen LogP contribution in [0, 0.1) is 0 Å². The molecule has 3 nitrogen and oxygen atoms in total. The van der Waals surface area contributed by atoms with Crippen molar-refractivity contribution in [3.63, 3.8) is 0 Å². The summed E-state index contributed by atoms with van der Waals surface area (Å²) in [5, 5.41) is 3.20. The maximum Gasteiger partial charge on any atom is 0.144 e. The number of nitrogens with zero attached hydrogens (tertiary/aromatic N) is 2. The third-order valence-electron chi connectivity index (χ3n) is 2.35. The van der Waals surface area contributed by atoms with Crippen LogP contribution in [0.5, 0.6) is 0 Å². The minimum Gasteiger partial charge on any atom is -0.369 e. The highest BCUT2D eigenvalue weighted by Crippen LogP contribution is 2.19. The first kappa shape index (κ1) is 12.0. The Bertz CT molecular complexity index is 465. The van der Waals surface area contributed by atoms with Crippen molar-refractivity contribution >= 4 is 21.7 Å². The predicted octanol–water partition coefficient (Wildman–Crippen LogP) is 3.73. The van der Waals surface area contributed by atoms with Crippen LogP contribution in [0.1, 0.15) is 13.3 Å². The molecular formula is C13H14BrN3. The second kappa shape index (κ2) is 5.77. The van der Waals surface area contributed by atoms with Gasteiger partial charge in [0.2, 0.25) is 0 Å². The minimum absolute atomic E-state index is 0.827. The van der Waals surface area contributed by atoms with Gasteiger partial charge >= 0.3 is 0 Å². The van der Waals surface area contributed by atoms with Crippen LogP contribution in [0.25, 0.3) is 11.3 Å². The molecule has 2 aromatic rings. The highest BCUT2D eigenvalue weighted by atomic mass is 79.9. The van der Waals surface area contributed by atoms with Crippen LogP contribution in [-0.4, -0.2) is 16.5 Å². The Morgan fingerprint density at radius 1 is 1.12 bits per heavy atom. The van der Waals surface area contributed by atoms with Gasteiger partial charge in [-0.05, 0) is 18.6 Å². The third kappa shape index (κ3) is 3.27. The highest BCUT2D eigenvalue weighted by molar-refractivity contribution is 9.10. The van der Waals surface area contributed by atoms with Gasteiger partial charge in [0.05, 0.1) is 18.1 Å². The van der Waals surface area contributed by atoms with E-state index in [4.69, 9.17) is 0 Å². The lowest BCUT2D eigenvalue weighted by Crippen LogP contribution is -2.02. The van der Waals surface area contributed by atoms with Gasteiger partial charge in [0.25, 0.3) is 0 Å². The monoisotopic (exact) mass is 291 g/mol. The van der Waals surface area contributed by atoms with Crippen molar-refractivity contribution in [3.05, 3.63) is 41.1 Å². The van der Waals surface area contributed by atoms with Crippen molar-refractivity contribution in [1.29, 1.82) is 0 Å². The van der Waals surface area contributed by atoms with Gasteiger partial charge in [0, 0.05) is 16.6 Å². The molecule has 0 amide bonds. The van der Waals surface area contributed by atoms with E-state index in [9.17, 15) is 0 Å². The standard InChI is InChI=1S/C13H14BrN3/c1-2-7-15-13-9-16-12(8-17-13)10-3-5-11(14)6-4-10/h3-6,8-9H,2,7H2,1H3,(H,15,17). The van der Waals surface area contributed by atoms with E-state index in [1.165, 1.54) is 0 Å². The fraction of sp³-hybridized carbons (Fsp3) is 0.231. The molecule has 1 heterocycles. The smallest absolute Gasteiger partial charge is 0.144 e. The number of halogens is 1. The van der Waals surface area contributed by atoms with Gasteiger partial charge in [-0.2, -0.15) is 0 Å². The summed E-state index contributed by atoms with van der Waals surface area (Å²) in [7, 11) is 0. The molecular weight excluding hydrogens is 278 g/mol. The predicted molar refractivity (Wildman–Crippen MR) is 73.9 cm³/mol. The van der Waals surface area contributed by atoms with Gasteiger partial charge < -0.3 is 5.32 Å². The van der Waals surface area contributed by atoms with Crippen molar-refractivity contribution < 1.29 is 0 Å². The summed E-state index contributed by atoms with van der Waals surface area (Å²) < 4.78 is 1.07. The van der Waals surface area contributed by atoms with Crippen molar-refractivity contribution in [2.75, 3.05) is 11.9 Å². The van der Waals surface area contributed by atoms with Gasteiger partial charge in [-0.1, -0.05) is 35.0 Å². The second-order valence-electron chi connectivity index (χ2n) is 3.72. The molecule has 0 bridgehead atoms. The van der Waals surface area contributed by atoms with Crippen molar-refractivity contribution in [2.24, 2.45) is 0 Å². The van der Waals surface area contributed by atoms with Crippen molar-refractivity contribution in [3.8, 4) is 11.3 Å². The molecule has 0 saturated heterocycles. The van der Waals surface area contributed by atoms with Crippen LogP contribution in [-0.2, 0) is 0 Å². The van der Waals surface area contributed by atoms with Crippen LogP contribution in [0.2, 0.25) is 0 Å². The van der Waals surface area contributed by atoms with E-state index in [2.05, 4.69) is 38.1 Å². The van der Waals surface area contributed by atoms with E-state index in [1.807, 2.05) is 24.3 Å². The average molecular weight is 292 g/mol. The molecule has 0 aliphatic heterocycles. The Morgan fingerprint density at radius 3 is 2.47 bits per heavy atom. The number of hydrogen-bond acceptors (Lipinski definition) is 3. The van der Waals surface area contributed by atoms with Crippen molar-refractivity contribution in [1.82, 2.24) is 9.97 Å². The number of rotatable bonds is 4. The molecule has 17 heavy (non-hydrogen) atoms. The summed E-state index contributed by atoms with van der Waals surface area (Å²) in [6.45, 7) is 3.04. The summed E-state index contributed by atoms with van der Waals surface area (Å²) in [6.07, 6.45) is 4.64. The van der Waals surface area contributed by atoms with E-state index in [1.54, 1.807) is 12.4 Å². The average Bonchev–Trinajstić information content (AvgIpc) is 2.38. The van der Waals surface area contributed by atoms with Gasteiger partial charge in [0.1, 0.15) is 5.82 Å². The number of benzene rings is 1. The lowest BCUT2D eigenvalue weighted by molar-refractivity contribution is 0.965. The molecule has 4 heteroatoms. The first-order valence-electron chi connectivity index (χ1n) is 5.61. The molecule has 1 aromatic heterocycles. The maximum absolute atomic E-state index is 4.39. The lowest BCUT2D eigenvalue weighted by atomic mass is 10.2. The van der Waals surface area contributed by atoms with Gasteiger partial charge in [-0.25, -0.2) is 4.98 Å². The Balaban J connectivity index is 2.14. The Labute approximate surface area is 109 Å². The summed E-state index contributed by atoms with van der Waals surface area (Å²) in [5.74, 6) is 0.827.